The first-order valence-electron chi connectivity index (χ1n) is 10.1. The van der Waals surface area contributed by atoms with Gasteiger partial charge in [0.05, 0.1) is 32.0 Å². The molecule has 0 aromatic heterocycles. The predicted molar refractivity (Wildman–Crippen MR) is 115 cm³/mol. The Morgan fingerprint density at radius 2 is 1.81 bits per heavy atom. The summed E-state index contributed by atoms with van der Waals surface area (Å²) in [6, 6.07) is 6.60. The van der Waals surface area contributed by atoms with E-state index in [4.69, 9.17) is 26.2 Å². The molecule has 10 nitrogen and oxygen atoms in total. The maximum Gasteiger partial charge on any atom is 0.327 e. The van der Waals surface area contributed by atoms with Crippen LogP contribution in [0.5, 0.6) is 0 Å². The molecular weight excluding hydrogens is 424 g/mol. The van der Waals surface area contributed by atoms with Crippen LogP contribution < -0.4 is 5.32 Å². The Bertz CT molecular complexity index is 866. The first kappa shape index (κ1) is 22.0. The van der Waals surface area contributed by atoms with Crippen LogP contribution in [0.4, 0.5) is 4.79 Å². The van der Waals surface area contributed by atoms with Crippen LogP contribution in [0.25, 0.3) is 0 Å². The second-order valence-corrected chi connectivity index (χ2v) is 8.12. The van der Waals surface area contributed by atoms with E-state index in [1.165, 1.54) is 4.90 Å². The Hall–Kier alpha value is -2.24. The number of nitrogens with zero attached hydrogens (tertiary/aromatic N) is 5. The zero-order valence-electron chi connectivity index (χ0n) is 17.8. The van der Waals surface area contributed by atoms with Crippen molar-refractivity contribution in [2.45, 2.75) is 18.5 Å². The molecule has 3 aliphatic heterocycles. The molecule has 168 valence electrons. The van der Waals surface area contributed by atoms with Gasteiger partial charge in [-0.15, -0.1) is 0 Å². The lowest BCUT2D eigenvalue weighted by Crippen LogP contribution is -2.66. The van der Waals surface area contributed by atoms with E-state index >= 15 is 0 Å². The molecule has 3 atom stereocenters. The molecule has 0 radical (unpaired) electrons. The molecule has 3 heterocycles. The third kappa shape index (κ3) is 4.01. The van der Waals surface area contributed by atoms with Gasteiger partial charge in [0.15, 0.2) is 6.29 Å². The Labute approximate surface area is 186 Å². The van der Waals surface area contributed by atoms with Gasteiger partial charge in [-0.25, -0.2) is 9.69 Å². The Morgan fingerprint density at radius 1 is 1.13 bits per heavy atom. The molecule has 1 aromatic rings. The van der Waals surface area contributed by atoms with Crippen molar-refractivity contribution in [3.05, 3.63) is 34.9 Å². The van der Waals surface area contributed by atoms with Gasteiger partial charge < -0.3 is 14.4 Å². The molecule has 3 unspecified atom stereocenters. The number of urea groups is 1. The molecule has 2 fully saturated rings. The molecule has 1 aromatic carbocycles. The molecule has 1 N–H and O–H groups in total. The fourth-order valence-corrected chi connectivity index (χ4v) is 4.36. The van der Waals surface area contributed by atoms with Crippen LogP contribution in [-0.2, 0) is 14.3 Å². The second kappa shape index (κ2) is 9.09. The van der Waals surface area contributed by atoms with Crippen molar-refractivity contribution in [1.82, 2.24) is 25.0 Å². The minimum Gasteiger partial charge on any atom is -0.383 e. The molecule has 0 spiro atoms. The van der Waals surface area contributed by atoms with Crippen LogP contribution in [0.1, 0.15) is 5.56 Å². The highest BCUT2D eigenvalue weighted by Crippen LogP contribution is 2.31. The Balaban J connectivity index is 1.66. The zero-order valence-corrected chi connectivity index (χ0v) is 18.6. The van der Waals surface area contributed by atoms with Gasteiger partial charge >= 0.3 is 6.03 Å². The van der Waals surface area contributed by atoms with E-state index in [0.29, 0.717) is 24.7 Å². The molecule has 11 heteroatoms. The lowest BCUT2D eigenvalue weighted by atomic mass is 10.1. The highest BCUT2D eigenvalue weighted by molar-refractivity contribution is 6.30. The number of halogens is 1. The van der Waals surface area contributed by atoms with E-state index in [2.05, 4.69) is 10.2 Å². The first-order valence-corrected chi connectivity index (χ1v) is 10.5. The summed E-state index contributed by atoms with van der Waals surface area (Å²) in [5, 5.41) is 10.8. The van der Waals surface area contributed by atoms with E-state index in [-0.39, 0.29) is 31.4 Å². The number of benzene rings is 1. The van der Waals surface area contributed by atoms with E-state index in [0.717, 1.165) is 11.3 Å². The van der Waals surface area contributed by atoms with Crippen LogP contribution in [0.3, 0.4) is 0 Å². The van der Waals surface area contributed by atoms with Gasteiger partial charge in [-0.2, -0.15) is 5.10 Å². The van der Waals surface area contributed by atoms with Crippen LogP contribution >= 0.6 is 11.6 Å². The fraction of sp³-hybridized carbons (Fsp3) is 0.550. The van der Waals surface area contributed by atoms with Gasteiger partial charge in [-0.1, -0.05) is 23.7 Å². The molecule has 31 heavy (non-hydrogen) atoms. The summed E-state index contributed by atoms with van der Waals surface area (Å²) in [6.45, 7) is 1.96. The van der Waals surface area contributed by atoms with Gasteiger partial charge in [-0.3, -0.25) is 20.0 Å². The molecule has 2 saturated heterocycles. The van der Waals surface area contributed by atoms with E-state index in [1.54, 1.807) is 26.2 Å². The number of fused-ring (bicyclic) bond motifs is 3. The number of imide groups is 1. The second-order valence-electron chi connectivity index (χ2n) is 7.69. The van der Waals surface area contributed by atoms with Crippen molar-refractivity contribution in [2.24, 2.45) is 5.10 Å². The number of nitrogens with one attached hydrogen (secondary N) is 1. The number of carbonyl (C=O) groups excluding carboxylic acids is 2. The minimum atomic E-state index is -0.535. The predicted octanol–water partition coefficient (Wildman–Crippen LogP) is 0.430. The quantitative estimate of drug-likeness (QED) is 0.644. The smallest absolute Gasteiger partial charge is 0.327 e. The van der Waals surface area contributed by atoms with Crippen molar-refractivity contribution in [3.63, 3.8) is 0 Å². The third-order valence-electron chi connectivity index (χ3n) is 5.84. The van der Waals surface area contributed by atoms with Crippen LogP contribution in [0.15, 0.2) is 29.4 Å². The Morgan fingerprint density at radius 3 is 2.48 bits per heavy atom. The number of rotatable bonds is 7. The fourth-order valence-electron chi connectivity index (χ4n) is 4.23. The average molecular weight is 451 g/mol. The molecular formula is C20H27ClN6O4. The van der Waals surface area contributed by atoms with Gasteiger partial charge in [0.25, 0.3) is 5.91 Å². The van der Waals surface area contributed by atoms with Crippen molar-refractivity contribution < 1.29 is 19.1 Å². The van der Waals surface area contributed by atoms with Gasteiger partial charge in [0, 0.05) is 32.8 Å². The molecule has 3 aliphatic rings. The summed E-state index contributed by atoms with van der Waals surface area (Å²) in [4.78, 5) is 31.1. The summed E-state index contributed by atoms with van der Waals surface area (Å²) in [7, 11) is 4.89. The van der Waals surface area contributed by atoms with E-state index in [9.17, 15) is 9.59 Å². The number of ether oxygens (including phenoxy) is 2. The summed E-state index contributed by atoms with van der Waals surface area (Å²) in [5.74, 6) is -0.232. The summed E-state index contributed by atoms with van der Waals surface area (Å²) >= 11 is 6.05. The van der Waals surface area contributed by atoms with Crippen molar-refractivity contribution in [2.75, 3.05) is 54.1 Å². The van der Waals surface area contributed by atoms with Gasteiger partial charge in [0.2, 0.25) is 0 Å². The first-order chi connectivity index (χ1) is 15.0. The Kier molecular flexibility index (Phi) is 6.44. The maximum atomic E-state index is 13.4. The van der Waals surface area contributed by atoms with Crippen LogP contribution in [0.2, 0.25) is 5.02 Å². The summed E-state index contributed by atoms with van der Waals surface area (Å²) in [6.07, 6.45) is -0.781. The third-order valence-corrected chi connectivity index (χ3v) is 6.10. The summed E-state index contributed by atoms with van der Waals surface area (Å²) in [5.41, 5.74) is 1.75. The lowest BCUT2D eigenvalue weighted by Gasteiger charge is -2.42. The van der Waals surface area contributed by atoms with Gasteiger partial charge in [-0.05, 0) is 17.7 Å². The lowest BCUT2D eigenvalue weighted by molar-refractivity contribution is -0.139. The minimum absolute atomic E-state index is 0.214. The van der Waals surface area contributed by atoms with Gasteiger partial charge in [0.1, 0.15) is 12.2 Å². The number of hydrogen-bond donors (Lipinski definition) is 1. The van der Waals surface area contributed by atoms with Crippen LogP contribution in [0, 0.1) is 0 Å². The number of likely N-dealkylation sites (N-methyl/N-ethyl adjacent to an activating group) is 1. The molecule has 0 aliphatic carbocycles. The van der Waals surface area contributed by atoms with Crippen molar-refractivity contribution in [3.8, 4) is 0 Å². The molecule has 0 bridgehead atoms. The summed E-state index contributed by atoms with van der Waals surface area (Å²) < 4.78 is 10.4. The molecule has 4 rings (SSSR count). The average Bonchev–Trinajstić information content (AvgIpc) is 3.16. The monoisotopic (exact) mass is 450 g/mol. The number of hydrogen-bond acceptors (Lipinski definition) is 8. The van der Waals surface area contributed by atoms with E-state index in [1.807, 2.05) is 29.3 Å². The number of hydrazone groups is 1. The maximum absolute atomic E-state index is 13.4. The highest BCUT2D eigenvalue weighted by atomic mass is 35.5. The highest BCUT2D eigenvalue weighted by Gasteiger charge is 2.56. The largest absolute Gasteiger partial charge is 0.383 e. The van der Waals surface area contributed by atoms with Crippen molar-refractivity contribution in [1.29, 1.82) is 0 Å². The topological polar surface area (TPSA) is 89.9 Å². The number of carbonyl (C=O) groups is 2. The van der Waals surface area contributed by atoms with E-state index < -0.39 is 12.2 Å². The zero-order chi connectivity index (χ0) is 22.1. The SMILES string of the molecule is COCCN1C(=O)C2C(NC3N(CCOC)N=C(c4ccc(Cl)cc4)CN23)N(C)C1=O. The molecule has 0 saturated carbocycles. The molecule has 3 amide bonds. The number of methoxy groups -OCH3 is 2. The number of amides is 3. The van der Waals surface area contributed by atoms with Crippen LogP contribution in [-0.4, -0.2) is 110 Å². The standard InChI is InChI=1S/C20H27ClN6O4/c1-24-17-16(18(28)25(20(24)29)8-10-30-2)26-12-15(13-4-6-14(21)7-5-13)23-27(9-11-31-3)19(26)22-17/h4-7,16-17,19,22H,8-12H2,1-3H3. The van der Waals surface area contributed by atoms with Crippen molar-refractivity contribution >= 4 is 29.3 Å². The normalized spacial score (nSPS) is 26.3.